The molecule has 2 heterocycles. The average Bonchev–Trinajstić information content (AvgIpc) is 2.92. The van der Waals surface area contributed by atoms with Crippen LogP contribution in [0.15, 0.2) is 48.5 Å². The molecule has 2 amide bonds. The van der Waals surface area contributed by atoms with Gasteiger partial charge in [0.05, 0.1) is 5.56 Å². The molecule has 2 atom stereocenters. The highest BCUT2D eigenvalue weighted by atomic mass is 35.5. The zero-order valence-corrected chi connectivity index (χ0v) is 24.2. The molecule has 2 fully saturated rings. The maximum Gasteiger partial charge on any atom is 0.416 e. The first-order valence-electron chi connectivity index (χ1n) is 14.1. The number of carbonyl (C=O) groups excluding carboxylic acids is 2. The van der Waals surface area contributed by atoms with E-state index in [0.717, 1.165) is 30.5 Å². The van der Waals surface area contributed by atoms with Crippen LogP contribution in [0.25, 0.3) is 0 Å². The summed E-state index contributed by atoms with van der Waals surface area (Å²) in [5.41, 5.74) is 0.981. The number of piperazine rings is 1. The third-order valence-electron chi connectivity index (χ3n) is 8.48. The molecule has 0 aromatic heterocycles. The monoisotopic (exact) mass is 577 g/mol. The van der Waals surface area contributed by atoms with Crippen molar-refractivity contribution in [2.75, 3.05) is 32.7 Å². The Morgan fingerprint density at radius 3 is 2.25 bits per heavy atom. The van der Waals surface area contributed by atoms with E-state index in [1.807, 2.05) is 40.1 Å². The molecule has 1 unspecified atom stereocenters. The predicted octanol–water partition coefficient (Wildman–Crippen LogP) is 6.46. The number of halogens is 4. The Bertz CT molecular complexity index is 1170. The summed E-state index contributed by atoms with van der Waals surface area (Å²) in [6.07, 6.45) is -1.78. The Morgan fingerprint density at radius 2 is 1.68 bits per heavy atom. The van der Waals surface area contributed by atoms with Gasteiger partial charge in [-0.05, 0) is 54.4 Å². The first-order chi connectivity index (χ1) is 18.9. The van der Waals surface area contributed by atoms with E-state index in [1.165, 1.54) is 6.07 Å². The van der Waals surface area contributed by atoms with Crippen LogP contribution in [0.4, 0.5) is 13.2 Å². The largest absolute Gasteiger partial charge is 0.416 e. The molecule has 4 rings (SSSR count). The number of hydrogen-bond donors (Lipinski definition) is 0. The highest BCUT2D eigenvalue weighted by Crippen LogP contribution is 2.36. The van der Waals surface area contributed by atoms with Gasteiger partial charge in [-0.25, -0.2) is 0 Å². The van der Waals surface area contributed by atoms with Crippen molar-refractivity contribution in [3.05, 3.63) is 70.2 Å². The second kappa shape index (κ2) is 12.9. The van der Waals surface area contributed by atoms with Crippen LogP contribution in [0.2, 0.25) is 5.02 Å². The molecular weight excluding hydrogens is 539 g/mol. The predicted molar refractivity (Wildman–Crippen MR) is 151 cm³/mol. The number of likely N-dealkylation sites (tertiary alicyclic amines) is 1. The van der Waals surface area contributed by atoms with Crippen molar-refractivity contribution in [2.45, 2.75) is 64.7 Å². The van der Waals surface area contributed by atoms with Crippen molar-refractivity contribution in [3.63, 3.8) is 0 Å². The van der Waals surface area contributed by atoms with Gasteiger partial charge in [-0.15, -0.1) is 0 Å². The number of piperidine rings is 1. The van der Waals surface area contributed by atoms with Gasteiger partial charge >= 0.3 is 6.18 Å². The number of carbonyl (C=O) groups is 2. The zero-order chi connectivity index (χ0) is 29.0. The molecule has 2 aromatic carbocycles. The van der Waals surface area contributed by atoms with Crippen molar-refractivity contribution in [1.29, 1.82) is 0 Å². The first-order valence-corrected chi connectivity index (χ1v) is 14.5. The second-order valence-electron chi connectivity index (χ2n) is 11.5. The molecule has 9 heteroatoms. The summed E-state index contributed by atoms with van der Waals surface area (Å²) in [7, 11) is 0. The molecule has 5 nitrogen and oxygen atoms in total. The summed E-state index contributed by atoms with van der Waals surface area (Å²) in [6, 6.07) is 13.5. The molecule has 0 radical (unpaired) electrons. The van der Waals surface area contributed by atoms with E-state index in [2.05, 4.69) is 18.7 Å². The van der Waals surface area contributed by atoms with Crippen molar-refractivity contribution >= 4 is 23.4 Å². The van der Waals surface area contributed by atoms with Crippen molar-refractivity contribution in [1.82, 2.24) is 14.7 Å². The van der Waals surface area contributed by atoms with Crippen molar-refractivity contribution < 1.29 is 22.8 Å². The van der Waals surface area contributed by atoms with Gasteiger partial charge in [0.15, 0.2) is 0 Å². The highest BCUT2D eigenvalue weighted by molar-refractivity contribution is 6.31. The molecule has 2 saturated heterocycles. The van der Waals surface area contributed by atoms with E-state index in [4.69, 9.17) is 11.6 Å². The number of nitrogens with zero attached hydrogens (tertiary/aromatic N) is 3. The molecule has 0 aliphatic carbocycles. The molecule has 0 spiro atoms. The fourth-order valence-corrected chi connectivity index (χ4v) is 6.30. The third-order valence-corrected chi connectivity index (χ3v) is 8.83. The Labute approximate surface area is 240 Å². The number of alkyl halides is 3. The van der Waals surface area contributed by atoms with Gasteiger partial charge in [-0.1, -0.05) is 61.8 Å². The molecule has 0 N–H and O–H groups in total. The molecule has 218 valence electrons. The lowest BCUT2D eigenvalue weighted by molar-refractivity contribution is -0.140. The SMILES string of the molecule is CC(=O)N1CCC(CC(=O)N2CCN(C(Cc3ccc(C(F)(F)F)cc3Cl)c3ccccc3)C[C@@H]2C(C)C)CC1. The third kappa shape index (κ3) is 7.38. The summed E-state index contributed by atoms with van der Waals surface area (Å²) in [4.78, 5) is 31.4. The van der Waals surface area contributed by atoms with Crippen LogP contribution in [0.5, 0.6) is 0 Å². The quantitative estimate of drug-likeness (QED) is 0.379. The molecule has 2 aliphatic heterocycles. The van der Waals surface area contributed by atoms with E-state index in [1.54, 1.807) is 6.92 Å². The van der Waals surface area contributed by atoms with Crippen LogP contribution >= 0.6 is 11.6 Å². The molecule has 40 heavy (non-hydrogen) atoms. The van der Waals surface area contributed by atoms with Crippen LogP contribution in [0.1, 0.15) is 62.8 Å². The van der Waals surface area contributed by atoms with E-state index in [9.17, 15) is 22.8 Å². The summed E-state index contributed by atoms with van der Waals surface area (Å²) in [5.74, 6) is 0.776. The summed E-state index contributed by atoms with van der Waals surface area (Å²) < 4.78 is 39.7. The lowest BCUT2D eigenvalue weighted by atomic mass is 9.90. The van der Waals surface area contributed by atoms with Gasteiger partial charge in [-0.2, -0.15) is 13.2 Å². The van der Waals surface area contributed by atoms with Gasteiger partial charge in [-0.3, -0.25) is 14.5 Å². The zero-order valence-electron chi connectivity index (χ0n) is 23.5. The average molecular weight is 578 g/mol. The van der Waals surface area contributed by atoms with Crippen LogP contribution in [-0.2, 0) is 22.2 Å². The van der Waals surface area contributed by atoms with E-state index >= 15 is 0 Å². The van der Waals surface area contributed by atoms with E-state index < -0.39 is 11.7 Å². The standard InChI is InChI=1S/C31H39ClF3N3O2/c1-21(2)29-20-37(15-16-38(29)30(40)17-23-11-13-36(14-12-23)22(3)39)28(24-7-5-4-6-8-24)18-25-9-10-26(19-27(25)32)31(33,34)35/h4-10,19,21,23,28-29H,11-18,20H2,1-3H3/t28?,29-/m1/s1. The fourth-order valence-electron chi connectivity index (χ4n) is 6.04. The Morgan fingerprint density at radius 1 is 1.00 bits per heavy atom. The first kappa shape index (κ1) is 30.4. The lowest BCUT2D eigenvalue weighted by Gasteiger charge is -2.47. The number of rotatable bonds is 7. The van der Waals surface area contributed by atoms with E-state index in [-0.39, 0.29) is 40.8 Å². The highest BCUT2D eigenvalue weighted by Gasteiger charge is 2.37. The minimum atomic E-state index is -4.45. The minimum Gasteiger partial charge on any atom is -0.343 e. The Balaban J connectivity index is 1.49. The fraction of sp³-hybridized carbons (Fsp3) is 0.548. The van der Waals surface area contributed by atoms with Crippen molar-refractivity contribution in [2.24, 2.45) is 11.8 Å². The molecule has 0 bridgehead atoms. The molecular formula is C31H39ClF3N3O2. The summed E-state index contributed by atoms with van der Waals surface area (Å²) in [6.45, 7) is 9.19. The topological polar surface area (TPSA) is 43.9 Å². The number of benzene rings is 2. The van der Waals surface area contributed by atoms with Gasteiger partial charge in [0.1, 0.15) is 0 Å². The molecule has 0 saturated carbocycles. The van der Waals surface area contributed by atoms with Gasteiger partial charge in [0, 0.05) is 63.2 Å². The summed E-state index contributed by atoms with van der Waals surface area (Å²) >= 11 is 6.38. The number of hydrogen-bond acceptors (Lipinski definition) is 3. The van der Waals surface area contributed by atoms with Crippen LogP contribution in [0, 0.1) is 11.8 Å². The minimum absolute atomic E-state index is 0.0212. The maximum absolute atomic E-state index is 13.5. The Kier molecular flexibility index (Phi) is 9.83. The maximum atomic E-state index is 13.5. The Hall–Kier alpha value is -2.58. The normalized spacial score (nSPS) is 20.1. The van der Waals surface area contributed by atoms with Gasteiger partial charge < -0.3 is 9.80 Å². The number of amides is 2. The van der Waals surface area contributed by atoms with E-state index in [0.29, 0.717) is 51.1 Å². The summed E-state index contributed by atoms with van der Waals surface area (Å²) in [5, 5.41) is 0.112. The second-order valence-corrected chi connectivity index (χ2v) is 11.9. The molecule has 2 aliphatic rings. The van der Waals surface area contributed by atoms with Crippen molar-refractivity contribution in [3.8, 4) is 0 Å². The van der Waals surface area contributed by atoms with Crippen LogP contribution in [0.3, 0.4) is 0 Å². The molecule has 2 aromatic rings. The van der Waals surface area contributed by atoms with Crippen LogP contribution in [-0.4, -0.2) is 65.3 Å². The van der Waals surface area contributed by atoms with Gasteiger partial charge in [0.2, 0.25) is 11.8 Å². The lowest BCUT2D eigenvalue weighted by Crippen LogP contribution is -2.58. The van der Waals surface area contributed by atoms with Crippen LogP contribution < -0.4 is 0 Å². The van der Waals surface area contributed by atoms with Gasteiger partial charge in [0.25, 0.3) is 0 Å². The smallest absolute Gasteiger partial charge is 0.343 e.